The largest absolute Gasteiger partial charge is 0.354 e. The molecule has 5 nitrogen and oxygen atoms in total. The van der Waals surface area contributed by atoms with Gasteiger partial charge in [0, 0.05) is 25.0 Å². The van der Waals surface area contributed by atoms with Crippen molar-refractivity contribution in [3.8, 4) is 0 Å². The topological polar surface area (TPSA) is 84.2 Å². The van der Waals surface area contributed by atoms with Gasteiger partial charge in [0.1, 0.15) is 0 Å². The second-order valence-corrected chi connectivity index (χ2v) is 7.63. The molecule has 0 radical (unpaired) electrons. The summed E-state index contributed by atoms with van der Waals surface area (Å²) in [6, 6.07) is 7.19. The highest BCUT2D eigenvalue weighted by molar-refractivity contribution is 6.33. The van der Waals surface area contributed by atoms with Crippen LogP contribution in [0.4, 0.5) is 0 Å². The Morgan fingerprint density at radius 1 is 1.08 bits per heavy atom. The van der Waals surface area contributed by atoms with Crippen LogP contribution in [0.3, 0.4) is 0 Å². The molecule has 2 saturated carbocycles. The van der Waals surface area contributed by atoms with Crippen LogP contribution in [-0.2, 0) is 4.79 Å². The van der Waals surface area contributed by atoms with E-state index in [0.717, 1.165) is 25.7 Å². The van der Waals surface area contributed by atoms with E-state index >= 15 is 0 Å². The van der Waals surface area contributed by atoms with Crippen molar-refractivity contribution < 1.29 is 9.59 Å². The van der Waals surface area contributed by atoms with Gasteiger partial charge in [0.05, 0.1) is 10.6 Å². The second-order valence-electron chi connectivity index (χ2n) is 7.22. The van der Waals surface area contributed by atoms with Crippen LogP contribution in [0.2, 0.25) is 5.02 Å². The molecule has 0 spiro atoms. The van der Waals surface area contributed by atoms with Crippen LogP contribution in [0.15, 0.2) is 24.3 Å². The average molecular weight is 364 g/mol. The molecule has 1 aromatic rings. The molecule has 0 saturated heterocycles. The molecule has 0 heterocycles. The normalized spacial score (nSPS) is 28.2. The van der Waals surface area contributed by atoms with E-state index < -0.39 is 0 Å². The zero-order valence-corrected chi connectivity index (χ0v) is 15.1. The molecule has 0 aliphatic heterocycles. The van der Waals surface area contributed by atoms with E-state index in [-0.39, 0.29) is 23.8 Å². The Hall–Kier alpha value is -1.59. The van der Waals surface area contributed by atoms with Crippen LogP contribution in [0.1, 0.15) is 42.5 Å². The zero-order chi connectivity index (χ0) is 17.8. The number of nitrogens with two attached hydrogens (primary N) is 1. The van der Waals surface area contributed by atoms with E-state index in [4.69, 9.17) is 17.3 Å². The van der Waals surface area contributed by atoms with E-state index in [0.29, 0.717) is 35.5 Å². The number of carbonyl (C=O) groups is 2. The van der Waals surface area contributed by atoms with Crippen molar-refractivity contribution in [1.29, 1.82) is 0 Å². The molecule has 2 fully saturated rings. The van der Waals surface area contributed by atoms with Crippen LogP contribution >= 0.6 is 11.6 Å². The third kappa shape index (κ3) is 4.33. The molecule has 136 valence electrons. The lowest BCUT2D eigenvalue weighted by Gasteiger charge is -2.43. The van der Waals surface area contributed by atoms with Crippen molar-refractivity contribution in [2.24, 2.45) is 23.5 Å². The first-order valence-corrected chi connectivity index (χ1v) is 9.50. The molecule has 2 bridgehead atoms. The molecule has 2 unspecified atom stereocenters. The lowest BCUT2D eigenvalue weighted by atomic mass is 9.65. The standard InChI is InChI=1S/C19H26ClN3O2/c20-16-7-2-1-6-15(16)19(25)23-9-8-22-18(24)14-10-12-4-3-5-13(11-14)17(12)21/h1-2,6-7,12-14,17H,3-5,8-11,21H2,(H,22,24)(H,23,25). The number of amides is 2. The van der Waals surface area contributed by atoms with Gasteiger partial charge in [0.2, 0.25) is 5.91 Å². The summed E-state index contributed by atoms with van der Waals surface area (Å²) in [5, 5.41) is 6.16. The number of hydrogen-bond acceptors (Lipinski definition) is 3. The Kier molecular flexibility index (Phi) is 5.97. The summed E-state index contributed by atoms with van der Waals surface area (Å²) in [7, 11) is 0. The first-order chi connectivity index (χ1) is 12.1. The molecule has 2 aliphatic carbocycles. The van der Waals surface area contributed by atoms with E-state index in [2.05, 4.69) is 10.6 Å². The van der Waals surface area contributed by atoms with Gasteiger partial charge in [-0.25, -0.2) is 0 Å². The molecule has 2 aliphatic rings. The highest BCUT2D eigenvalue weighted by Crippen LogP contribution is 2.41. The maximum absolute atomic E-state index is 12.4. The lowest BCUT2D eigenvalue weighted by molar-refractivity contribution is -0.127. The third-order valence-electron chi connectivity index (χ3n) is 5.61. The fourth-order valence-electron chi connectivity index (χ4n) is 4.25. The number of rotatable bonds is 5. The lowest BCUT2D eigenvalue weighted by Crippen LogP contribution is -2.49. The van der Waals surface area contributed by atoms with Crippen LogP contribution in [0, 0.1) is 17.8 Å². The summed E-state index contributed by atoms with van der Waals surface area (Å²) < 4.78 is 0. The molecule has 2 amide bonds. The third-order valence-corrected chi connectivity index (χ3v) is 5.94. The van der Waals surface area contributed by atoms with Crippen molar-refractivity contribution in [3.05, 3.63) is 34.9 Å². The van der Waals surface area contributed by atoms with Crippen molar-refractivity contribution in [1.82, 2.24) is 10.6 Å². The molecule has 3 rings (SSSR count). The van der Waals surface area contributed by atoms with Crippen molar-refractivity contribution in [3.63, 3.8) is 0 Å². The highest BCUT2D eigenvalue weighted by Gasteiger charge is 2.40. The minimum absolute atomic E-state index is 0.0642. The number of hydrogen-bond donors (Lipinski definition) is 3. The van der Waals surface area contributed by atoms with Gasteiger partial charge in [-0.05, 0) is 49.7 Å². The molecular weight excluding hydrogens is 338 g/mol. The summed E-state index contributed by atoms with van der Waals surface area (Å²) in [5.74, 6) is 0.912. The highest BCUT2D eigenvalue weighted by atomic mass is 35.5. The van der Waals surface area contributed by atoms with Gasteiger partial charge in [0.15, 0.2) is 0 Å². The van der Waals surface area contributed by atoms with Gasteiger partial charge >= 0.3 is 0 Å². The maximum Gasteiger partial charge on any atom is 0.252 e. The first kappa shape index (κ1) is 18.2. The molecule has 25 heavy (non-hydrogen) atoms. The monoisotopic (exact) mass is 363 g/mol. The summed E-state index contributed by atoms with van der Waals surface area (Å²) in [4.78, 5) is 24.5. The van der Waals surface area contributed by atoms with E-state index in [1.807, 2.05) is 0 Å². The summed E-state index contributed by atoms with van der Waals surface area (Å²) in [5.41, 5.74) is 6.73. The Balaban J connectivity index is 1.41. The van der Waals surface area contributed by atoms with E-state index in [1.165, 1.54) is 6.42 Å². The molecule has 1 aromatic carbocycles. The van der Waals surface area contributed by atoms with Gasteiger partial charge in [-0.1, -0.05) is 30.2 Å². The summed E-state index contributed by atoms with van der Waals surface area (Å²) in [6.07, 6.45) is 5.33. The maximum atomic E-state index is 12.4. The van der Waals surface area contributed by atoms with Crippen LogP contribution < -0.4 is 16.4 Å². The zero-order valence-electron chi connectivity index (χ0n) is 14.3. The van der Waals surface area contributed by atoms with Crippen LogP contribution in [0.5, 0.6) is 0 Å². The Morgan fingerprint density at radius 3 is 2.40 bits per heavy atom. The predicted octanol–water partition coefficient (Wildman–Crippen LogP) is 2.34. The SMILES string of the molecule is NC1C2CCCC1CC(C(=O)NCCNC(=O)c1ccccc1Cl)C2. The number of carbonyl (C=O) groups excluding carboxylic acids is 2. The van der Waals surface area contributed by atoms with Gasteiger partial charge in [-0.3, -0.25) is 9.59 Å². The smallest absolute Gasteiger partial charge is 0.252 e. The predicted molar refractivity (Wildman–Crippen MR) is 98.3 cm³/mol. The van der Waals surface area contributed by atoms with Crippen molar-refractivity contribution in [2.75, 3.05) is 13.1 Å². The minimum Gasteiger partial charge on any atom is -0.354 e. The summed E-state index contributed by atoms with van der Waals surface area (Å²) in [6.45, 7) is 0.807. The number of fused-ring (bicyclic) bond motifs is 2. The van der Waals surface area contributed by atoms with Crippen LogP contribution in [0.25, 0.3) is 0 Å². The molecular formula is C19H26ClN3O2. The van der Waals surface area contributed by atoms with Crippen molar-refractivity contribution >= 4 is 23.4 Å². The average Bonchev–Trinajstić information content (AvgIpc) is 2.58. The molecule has 6 heteroatoms. The molecule has 0 aromatic heterocycles. The van der Waals surface area contributed by atoms with Crippen molar-refractivity contribution in [2.45, 2.75) is 38.1 Å². The van der Waals surface area contributed by atoms with Gasteiger partial charge in [-0.2, -0.15) is 0 Å². The minimum atomic E-state index is -0.224. The van der Waals surface area contributed by atoms with Crippen LogP contribution in [-0.4, -0.2) is 30.9 Å². The Bertz CT molecular complexity index is 623. The fourth-order valence-corrected chi connectivity index (χ4v) is 4.47. The molecule has 4 N–H and O–H groups in total. The quantitative estimate of drug-likeness (QED) is 0.702. The number of halogens is 1. The number of benzene rings is 1. The fraction of sp³-hybridized carbons (Fsp3) is 0.579. The van der Waals surface area contributed by atoms with E-state index in [1.54, 1.807) is 24.3 Å². The van der Waals surface area contributed by atoms with Gasteiger partial charge < -0.3 is 16.4 Å². The first-order valence-electron chi connectivity index (χ1n) is 9.12. The number of nitrogens with one attached hydrogen (secondary N) is 2. The van der Waals surface area contributed by atoms with Gasteiger partial charge in [-0.15, -0.1) is 0 Å². The summed E-state index contributed by atoms with van der Waals surface area (Å²) >= 11 is 6.00. The van der Waals surface area contributed by atoms with E-state index in [9.17, 15) is 9.59 Å². The molecule has 2 atom stereocenters. The Labute approximate surface area is 153 Å². The second kappa shape index (κ2) is 8.19. The van der Waals surface area contributed by atoms with Gasteiger partial charge in [0.25, 0.3) is 5.91 Å². The Morgan fingerprint density at radius 2 is 1.72 bits per heavy atom.